The van der Waals surface area contributed by atoms with Gasteiger partial charge in [0.05, 0.1) is 12.2 Å². The van der Waals surface area contributed by atoms with E-state index in [0.717, 1.165) is 24.2 Å². The first-order chi connectivity index (χ1) is 9.65. The van der Waals surface area contributed by atoms with Crippen LogP contribution in [0.1, 0.15) is 56.3 Å². The summed E-state index contributed by atoms with van der Waals surface area (Å²) in [5, 5.41) is 10.2. The van der Waals surface area contributed by atoms with Gasteiger partial charge in [0.15, 0.2) is 0 Å². The number of carbonyl (C=O) groups excluding carboxylic acids is 1. The maximum absolute atomic E-state index is 12.2. The summed E-state index contributed by atoms with van der Waals surface area (Å²) in [7, 11) is 1.82. The molecule has 112 valence electrons. The van der Waals surface area contributed by atoms with Crippen LogP contribution in [0.2, 0.25) is 0 Å². The van der Waals surface area contributed by atoms with Gasteiger partial charge in [-0.1, -0.05) is 32.1 Å². The largest absolute Gasteiger partial charge is 0.335 e. The third kappa shape index (κ3) is 4.54. The van der Waals surface area contributed by atoms with Crippen molar-refractivity contribution in [3.63, 3.8) is 0 Å². The van der Waals surface area contributed by atoms with Crippen LogP contribution in [0.5, 0.6) is 0 Å². The zero-order chi connectivity index (χ0) is 14.4. The Morgan fingerprint density at radius 3 is 2.60 bits per heavy atom. The first-order valence-electron chi connectivity index (χ1n) is 7.67. The Morgan fingerprint density at radius 2 is 2.00 bits per heavy atom. The van der Waals surface area contributed by atoms with E-state index in [1.165, 1.54) is 32.1 Å². The maximum atomic E-state index is 12.2. The van der Waals surface area contributed by atoms with E-state index in [2.05, 4.69) is 15.5 Å². The van der Waals surface area contributed by atoms with Crippen LogP contribution in [0.15, 0.2) is 6.07 Å². The average Bonchev–Trinajstić information content (AvgIpc) is 2.77. The standard InChI is InChI=1S/C15H26N4O/c1-12-10-14(18-17-12)11-19(2)15(20)16-13-8-6-4-3-5-7-9-13/h10,13H,3-9,11H2,1-2H3,(H,16,20)(H,17,18). The Balaban J connectivity index is 1.80. The lowest BCUT2D eigenvalue weighted by atomic mass is 9.97. The van der Waals surface area contributed by atoms with E-state index in [4.69, 9.17) is 0 Å². The van der Waals surface area contributed by atoms with Crippen molar-refractivity contribution in [3.8, 4) is 0 Å². The summed E-state index contributed by atoms with van der Waals surface area (Å²) in [5.74, 6) is 0. The first-order valence-corrected chi connectivity index (χ1v) is 7.67. The van der Waals surface area contributed by atoms with Gasteiger partial charge in [-0.2, -0.15) is 5.10 Å². The number of aromatic amines is 1. The number of hydrogen-bond donors (Lipinski definition) is 2. The van der Waals surface area contributed by atoms with Gasteiger partial charge in [-0.3, -0.25) is 5.10 Å². The molecule has 0 saturated heterocycles. The molecule has 1 aromatic rings. The summed E-state index contributed by atoms with van der Waals surface area (Å²) in [6, 6.07) is 2.32. The van der Waals surface area contributed by atoms with Crippen molar-refractivity contribution in [2.45, 2.75) is 64.5 Å². The van der Waals surface area contributed by atoms with Crippen molar-refractivity contribution >= 4 is 6.03 Å². The molecular weight excluding hydrogens is 252 g/mol. The third-order valence-electron chi connectivity index (χ3n) is 3.94. The van der Waals surface area contributed by atoms with Gasteiger partial charge in [0, 0.05) is 18.8 Å². The van der Waals surface area contributed by atoms with E-state index in [9.17, 15) is 4.79 Å². The monoisotopic (exact) mass is 278 g/mol. The van der Waals surface area contributed by atoms with E-state index >= 15 is 0 Å². The number of urea groups is 1. The van der Waals surface area contributed by atoms with E-state index in [-0.39, 0.29) is 6.03 Å². The van der Waals surface area contributed by atoms with E-state index < -0.39 is 0 Å². The summed E-state index contributed by atoms with van der Waals surface area (Å²) in [5.41, 5.74) is 1.92. The van der Waals surface area contributed by atoms with Crippen LogP contribution in [-0.2, 0) is 6.54 Å². The van der Waals surface area contributed by atoms with Crippen molar-refractivity contribution < 1.29 is 4.79 Å². The molecule has 0 unspecified atom stereocenters. The molecule has 0 radical (unpaired) electrons. The average molecular weight is 278 g/mol. The highest BCUT2D eigenvalue weighted by Gasteiger charge is 2.17. The van der Waals surface area contributed by atoms with E-state index in [1.54, 1.807) is 4.90 Å². The summed E-state index contributed by atoms with van der Waals surface area (Å²) in [4.78, 5) is 13.9. The van der Waals surface area contributed by atoms with Gasteiger partial charge >= 0.3 is 6.03 Å². The van der Waals surface area contributed by atoms with E-state index in [0.29, 0.717) is 12.6 Å². The number of carbonyl (C=O) groups is 1. The number of nitrogens with zero attached hydrogens (tertiary/aromatic N) is 2. The van der Waals surface area contributed by atoms with Crippen LogP contribution in [0.4, 0.5) is 4.79 Å². The molecule has 2 amide bonds. The highest BCUT2D eigenvalue weighted by molar-refractivity contribution is 5.74. The van der Waals surface area contributed by atoms with Crippen LogP contribution >= 0.6 is 0 Å². The smallest absolute Gasteiger partial charge is 0.317 e. The lowest BCUT2D eigenvalue weighted by Gasteiger charge is -2.24. The molecule has 1 aromatic heterocycles. The molecule has 0 spiro atoms. The second-order valence-corrected chi connectivity index (χ2v) is 5.89. The quantitative estimate of drug-likeness (QED) is 0.893. The Bertz CT molecular complexity index is 421. The summed E-state index contributed by atoms with van der Waals surface area (Å²) in [6.07, 6.45) is 8.63. The molecule has 2 rings (SSSR count). The van der Waals surface area contributed by atoms with Crippen molar-refractivity contribution in [1.82, 2.24) is 20.4 Å². The van der Waals surface area contributed by atoms with Crippen molar-refractivity contribution in [2.24, 2.45) is 0 Å². The number of aromatic nitrogens is 2. The van der Waals surface area contributed by atoms with Crippen LogP contribution in [0.3, 0.4) is 0 Å². The van der Waals surface area contributed by atoms with Gasteiger partial charge in [0.25, 0.3) is 0 Å². The van der Waals surface area contributed by atoms with Crippen LogP contribution in [0, 0.1) is 6.92 Å². The number of rotatable bonds is 3. The van der Waals surface area contributed by atoms with E-state index in [1.807, 2.05) is 20.0 Å². The number of hydrogen-bond acceptors (Lipinski definition) is 2. The number of nitrogens with one attached hydrogen (secondary N) is 2. The predicted octanol–water partition coefficient (Wildman–Crippen LogP) is 2.97. The Kier molecular flexibility index (Phi) is 5.44. The molecule has 5 heteroatoms. The molecule has 0 bridgehead atoms. The zero-order valence-electron chi connectivity index (χ0n) is 12.6. The predicted molar refractivity (Wildman–Crippen MR) is 79.4 cm³/mol. The highest BCUT2D eigenvalue weighted by atomic mass is 16.2. The third-order valence-corrected chi connectivity index (χ3v) is 3.94. The molecule has 1 aliphatic rings. The number of H-pyrrole nitrogens is 1. The summed E-state index contributed by atoms with van der Waals surface area (Å²) < 4.78 is 0. The topological polar surface area (TPSA) is 61.0 Å². The van der Waals surface area contributed by atoms with Crippen LogP contribution < -0.4 is 5.32 Å². The molecule has 0 aromatic carbocycles. The van der Waals surface area contributed by atoms with Crippen molar-refractivity contribution in [1.29, 1.82) is 0 Å². The fourth-order valence-electron chi connectivity index (χ4n) is 2.76. The second kappa shape index (κ2) is 7.31. The van der Waals surface area contributed by atoms with Gasteiger partial charge < -0.3 is 10.2 Å². The molecule has 0 aliphatic heterocycles. The minimum Gasteiger partial charge on any atom is -0.335 e. The van der Waals surface area contributed by atoms with Gasteiger partial charge in [0.2, 0.25) is 0 Å². The van der Waals surface area contributed by atoms with Crippen molar-refractivity contribution in [2.75, 3.05) is 7.05 Å². The lowest BCUT2D eigenvalue weighted by Crippen LogP contribution is -2.43. The number of aryl methyl sites for hydroxylation is 1. The number of amides is 2. The molecule has 1 aliphatic carbocycles. The normalized spacial score (nSPS) is 17.3. The van der Waals surface area contributed by atoms with Gasteiger partial charge in [0.1, 0.15) is 0 Å². The molecular formula is C15H26N4O. The first kappa shape index (κ1) is 14.9. The minimum absolute atomic E-state index is 0.0104. The zero-order valence-corrected chi connectivity index (χ0v) is 12.6. The SMILES string of the molecule is Cc1cc(CN(C)C(=O)NC2CCCCCCC2)n[nH]1. The molecule has 1 heterocycles. The molecule has 2 N–H and O–H groups in total. The van der Waals surface area contributed by atoms with Gasteiger partial charge in [-0.25, -0.2) is 4.79 Å². The summed E-state index contributed by atoms with van der Waals surface area (Å²) >= 11 is 0. The lowest BCUT2D eigenvalue weighted by molar-refractivity contribution is 0.199. The van der Waals surface area contributed by atoms with Gasteiger partial charge in [-0.15, -0.1) is 0 Å². The minimum atomic E-state index is 0.0104. The Hall–Kier alpha value is -1.52. The van der Waals surface area contributed by atoms with Crippen LogP contribution in [-0.4, -0.2) is 34.2 Å². The molecule has 5 nitrogen and oxygen atoms in total. The van der Waals surface area contributed by atoms with Crippen molar-refractivity contribution in [3.05, 3.63) is 17.5 Å². The maximum Gasteiger partial charge on any atom is 0.317 e. The Morgan fingerprint density at radius 1 is 1.35 bits per heavy atom. The fraction of sp³-hybridized carbons (Fsp3) is 0.733. The fourth-order valence-corrected chi connectivity index (χ4v) is 2.76. The highest BCUT2D eigenvalue weighted by Crippen LogP contribution is 2.17. The molecule has 20 heavy (non-hydrogen) atoms. The Labute approximate surface area is 121 Å². The van der Waals surface area contributed by atoms with Gasteiger partial charge in [-0.05, 0) is 25.8 Å². The van der Waals surface area contributed by atoms with Crippen LogP contribution in [0.25, 0.3) is 0 Å². The summed E-state index contributed by atoms with van der Waals surface area (Å²) in [6.45, 7) is 2.51. The molecule has 0 atom stereocenters. The molecule has 1 fully saturated rings. The molecule has 1 saturated carbocycles. The second-order valence-electron chi connectivity index (χ2n) is 5.89.